The first-order valence-corrected chi connectivity index (χ1v) is 11.2. The number of amides is 1. The zero-order valence-corrected chi connectivity index (χ0v) is 18.8. The summed E-state index contributed by atoms with van der Waals surface area (Å²) in [4.78, 5) is 18.5. The number of ether oxygens (including phenoxy) is 1. The normalized spacial score (nSPS) is 11.4. The number of carbonyl (C=O) groups excluding carboxylic acids is 1. The van der Waals surface area contributed by atoms with Gasteiger partial charge in [-0.25, -0.2) is 17.8 Å². The number of carbonyl (C=O) groups is 1. The van der Waals surface area contributed by atoms with Gasteiger partial charge in [0.25, 0.3) is 15.9 Å². The summed E-state index contributed by atoms with van der Waals surface area (Å²) in [5.41, 5.74) is 2.44. The minimum atomic E-state index is -4.11. The Morgan fingerprint density at radius 1 is 1.25 bits per heavy atom. The van der Waals surface area contributed by atoms with Crippen LogP contribution in [0.4, 0.5) is 4.39 Å². The largest absolute Gasteiger partial charge is 0.492 e. The van der Waals surface area contributed by atoms with E-state index < -0.39 is 27.3 Å². The third kappa shape index (κ3) is 5.62. The van der Waals surface area contributed by atoms with E-state index in [1.807, 2.05) is 10.3 Å². The third-order valence-corrected chi connectivity index (χ3v) is 5.87. The Morgan fingerprint density at radius 2 is 1.97 bits per heavy atom. The Morgan fingerprint density at radius 3 is 2.59 bits per heavy atom. The van der Waals surface area contributed by atoms with Gasteiger partial charge in [-0.3, -0.25) is 10.2 Å². The number of hydrazine groups is 1. The number of hydrogen-bond acceptors (Lipinski definition) is 6. The predicted molar refractivity (Wildman–Crippen MR) is 117 cm³/mol. The maximum Gasteiger partial charge on any atom is 0.269 e. The summed E-state index contributed by atoms with van der Waals surface area (Å²) in [6.45, 7) is 1.05. The van der Waals surface area contributed by atoms with Crippen molar-refractivity contribution < 1.29 is 22.3 Å². The highest BCUT2D eigenvalue weighted by Gasteiger charge is 2.20. The van der Waals surface area contributed by atoms with Crippen molar-refractivity contribution in [3.63, 3.8) is 0 Å². The van der Waals surface area contributed by atoms with Crippen LogP contribution in [0.15, 0.2) is 53.8 Å². The molecule has 0 aliphatic carbocycles. The highest BCUT2D eigenvalue weighted by molar-refractivity contribution is 7.89. The molecule has 0 fully saturated rings. The number of aryl methyl sites for hydroxylation is 1. The fraction of sp³-hybridized carbons (Fsp3) is 0.200. The second kappa shape index (κ2) is 10.1. The van der Waals surface area contributed by atoms with Crippen LogP contribution >= 0.6 is 11.6 Å². The minimum Gasteiger partial charge on any atom is -0.492 e. The second-order valence-electron chi connectivity index (χ2n) is 6.73. The lowest BCUT2D eigenvalue weighted by atomic mass is 10.1. The molecule has 0 atom stereocenters. The average molecular weight is 482 g/mol. The molecule has 0 saturated heterocycles. The molecule has 12 heteroatoms. The second-order valence-corrected chi connectivity index (χ2v) is 8.82. The van der Waals surface area contributed by atoms with E-state index in [9.17, 15) is 17.6 Å². The molecule has 1 heterocycles. The molecule has 0 spiro atoms. The first-order chi connectivity index (χ1) is 15.2. The molecule has 0 bridgehead atoms. The molecule has 32 heavy (non-hydrogen) atoms. The van der Waals surface area contributed by atoms with Gasteiger partial charge in [-0.1, -0.05) is 11.6 Å². The molecule has 9 nitrogen and oxygen atoms in total. The molecule has 0 radical (unpaired) electrons. The van der Waals surface area contributed by atoms with E-state index >= 15 is 0 Å². The van der Waals surface area contributed by atoms with E-state index in [2.05, 4.69) is 10.3 Å². The maximum atomic E-state index is 14.5. The number of aromatic nitrogens is 2. The quantitative estimate of drug-likeness (QED) is 0.318. The van der Waals surface area contributed by atoms with Crippen molar-refractivity contribution >= 4 is 27.5 Å². The lowest BCUT2D eigenvalue weighted by Crippen LogP contribution is -2.41. The Kier molecular flexibility index (Phi) is 7.46. The van der Waals surface area contributed by atoms with E-state index in [0.717, 1.165) is 0 Å². The number of halogens is 2. The summed E-state index contributed by atoms with van der Waals surface area (Å²) in [6, 6.07) is 8.19. The fourth-order valence-electron chi connectivity index (χ4n) is 2.69. The lowest BCUT2D eigenvalue weighted by Gasteiger charge is -2.11. The molecule has 170 valence electrons. The van der Waals surface area contributed by atoms with Gasteiger partial charge in [0.1, 0.15) is 12.4 Å². The Hall–Kier alpha value is -2.99. The monoisotopic (exact) mass is 481 g/mol. The Labute approximate surface area is 189 Å². The van der Waals surface area contributed by atoms with Crippen molar-refractivity contribution in [1.29, 1.82) is 0 Å². The van der Waals surface area contributed by atoms with Gasteiger partial charge in [-0.15, -0.1) is 4.83 Å². The van der Waals surface area contributed by atoms with Crippen molar-refractivity contribution in [1.82, 2.24) is 25.1 Å². The maximum absolute atomic E-state index is 14.5. The molecule has 0 saturated carbocycles. The zero-order chi connectivity index (χ0) is 23.3. The molecular formula is C20H21ClFN5O4S. The number of nitrogens with zero attached hydrogens (tertiary/aromatic N) is 2. The minimum absolute atomic E-state index is 0.112. The fourth-order valence-corrected chi connectivity index (χ4v) is 3.75. The number of hydrogen-bond donors (Lipinski definition) is 3. The molecule has 3 N–H and O–H groups in total. The predicted octanol–water partition coefficient (Wildman–Crippen LogP) is 2.10. The SMILES string of the molecule is CNCCOc1ccc(S(=O)(=O)NNC(=O)c2cc(-c3cn(C)cn3)cc(Cl)c2F)cc1. The summed E-state index contributed by atoms with van der Waals surface area (Å²) in [6.07, 6.45) is 3.21. The van der Waals surface area contributed by atoms with Crippen LogP contribution in [0.1, 0.15) is 10.4 Å². The van der Waals surface area contributed by atoms with Crippen molar-refractivity contribution in [3.05, 3.63) is 65.3 Å². The van der Waals surface area contributed by atoms with Crippen LogP contribution in [-0.4, -0.2) is 44.1 Å². The van der Waals surface area contributed by atoms with Crippen LogP contribution in [0.25, 0.3) is 11.3 Å². The van der Waals surface area contributed by atoms with Crippen LogP contribution in [0, 0.1) is 5.82 Å². The standard InChI is InChI=1S/C20H21ClFN5O4S/c1-23-7-8-31-14-3-5-15(6-4-14)32(29,30)26-25-20(28)16-9-13(10-17(21)19(16)22)18-11-27(2)12-24-18/h3-6,9-12,23,26H,7-8H2,1-2H3,(H,25,28). The summed E-state index contributed by atoms with van der Waals surface area (Å²) in [5, 5.41) is 2.63. The molecule has 0 aliphatic rings. The number of likely N-dealkylation sites (N-methyl/N-ethyl adjacent to an activating group) is 1. The van der Waals surface area contributed by atoms with Gasteiger partial charge in [-0.05, 0) is 43.4 Å². The van der Waals surface area contributed by atoms with Gasteiger partial charge in [0.15, 0.2) is 5.82 Å². The van der Waals surface area contributed by atoms with Crippen molar-refractivity contribution in [3.8, 4) is 17.0 Å². The number of imidazole rings is 1. The van der Waals surface area contributed by atoms with Crippen molar-refractivity contribution in [2.45, 2.75) is 4.90 Å². The van der Waals surface area contributed by atoms with Gasteiger partial charge in [0.2, 0.25) is 0 Å². The topological polar surface area (TPSA) is 114 Å². The van der Waals surface area contributed by atoms with Crippen LogP contribution in [-0.2, 0) is 17.1 Å². The highest BCUT2D eigenvalue weighted by atomic mass is 35.5. The van der Waals surface area contributed by atoms with Gasteiger partial charge in [0.05, 0.1) is 27.5 Å². The molecule has 3 aromatic rings. The first-order valence-electron chi connectivity index (χ1n) is 9.38. The molecule has 1 amide bonds. The van der Waals surface area contributed by atoms with Crippen molar-refractivity contribution in [2.24, 2.45) is 7.05 Å². The van der Waals surface area contributed by atoms with Crippen LogP contribution < -0.4 is 20.3 Å². The molecule has 1 aromatic heterocycles. The Balaban J connectivity index is 1.72. The number of benzene rings is 2. The summed E-state index contributed by atoms with van der Waals surface area (Å²) < 4.78 is 46.5. The molecular weight excluding hydrogens is 461 g/mol. The van der Waals surface area contributed by atoms with Crippen LogP contribution in [0.3, 0.4) is 0 Å². The Bertz CT molecular complexity index is 1220. The summed E-state index contributed by atoms with van der Waals surface area (Å²) in [5.74, 6) is -1.50. The molecule has 3 rings (SSSR count). The van der Waals surface area contributed by atoms with E-state index in [1.54, 1.807) is 24.9 Å². The van der Waals surface area contributed by atoms with E-state index in [-0.39, 0.29) is 9.92 Å². The smallest absolute Gasteiger partial charge is 0.269 e. The first kappa shape index (κ1) is 23.7. The molecule has 2 aromatic carbocycles. The van der Waals surface area contributed by atoms with E-state index in [1.165, 1.54) is 42.7 Å². The van der Waals surface area contributed by atoms with Crippen LogP contribution in [0.2, 0.25) is 5.02 Å². The summed E-state index contributed by atoms with van der Waals surface area (Å²) in [7, 11) is -0.568. The number of sulfonamides is 1. The number of nitrogens with one attached hydrogen (secondary N) is 3. The summed E-state index contributed by atoms with van der Waals surface area (Å²) >= 11 is 5.92. The molecule has 0 unspecified atom stereocenters. The van der Waals surface area contributed by atoms with Gasteiger partial charge >= 0.3 is 0 Å². The zero-order valence-electron chi connectivity index (χ0n) is 17.2. The van der Waals surface area contributed by atoms with Crippen molar-refractivity contribution in [2.75, 3.05) is 20.2 Å². The van der Waals surface area contributed by atoms with E-state index in [0.29, 0.717) is 30.2 Å². The van der Waals surface area contributed by atoms with Crippen LogP contribution in [0.5, 0.6) is 5.75 Å². The molecule has 0 aliphatic heterocycles. The third-order valence-electron chi connectivity index (χ3n) is 4.33. The lowest BCUT2D eigenvalue weighted by molar-refractivity contribution is 0.0941. The average Bonchev–Trinajstić information content (AvgIpc) is 3.21. The van der Waals surface area contributed by atoms with Gasteiger partial charge < -0.3 is 14.6 Å². The van der Waals surface area contributed by atoms with E-state index in [4.69, 9.17) is 16.3 Å². The van der Waals surface area contributed by atoms with Gasteiger partial charge in [0, 0.05) is 25.4 Å². The number of rotatable bonds is 9. The van der Waals surface area contributed by atoms with Gasteiger partial charge in [-0.2, -0.15) is 0 Å². The highest BCUT2D eigenvalue weighted by Crippen LogP contribution is 2.27.